The van der Waals surface area contributed by atoms with E-state index in [4.69, 9.17) is 14.9 Å². The molecule has 0 fully saturated rings. The average Bonchev–Trinajstić information content (AvgIpc) is 2.02. The van der Waals surface area contributed by atoms with E-state index >= 15 is 0 Å². The standard InChI is InChI=1S/C9H8O4/c10-5-1-2-6-7(11)4-9(12)13-8(6)3-5/h1-3,9-10,12H,4H2. The molecule has 0 aromatic heterocycles. The quantitative estimate of drug-likeness (QED) is 0.616. The summed E-state index contributed by atoms with van der Waals surface area (Å²) in [4.78, 5) is 11.3. The molecular weight excluding hydrogens is 172 g/mol. The van der Waals surface area contributed by atoms with Crippen molar-refractivity contribution >= 4 is 5.78 Å². The summed E-state index contributed by atoms with van der Waals surface area (Å²) in [6.45, 7) is 0. The predicted molar refractivity (Wildman–Crippen MR) is 43.7 cm³/mol. The molecule has 0 saturated heterocycles. The van der Waals surface area contributed by atoms with Crippen molar-refractivity contribution in [2.75, 3.05) is 0 Å². The zero-order valence-corrected chi connectivity index (χ0v) is 6.73. The molecular formula is C9H8O4. The van der Waals surface area contributed by atoms with Gasteiger partial charge < -0.3 is 14.9 Å². The minimum atomic E-state index is -1.10. The highest BCUT2D eigenvalue weighted by Crippen LogP contribution is 2.29. The van der Waals surface area contributed by atoms with E-state index in [9.17, 15) is 4.79 Å². The lowest BCUT2D eigenvalue weighted by Crippen LogP contribution is -2.26. The Bertz CT molecular complexity index is 359. The number of carbonyl (C=O) groups is 1. The predicted octanol–water partition coefficient (Wildman–Crippen LogP) is 0.676. The Hall–Kier alpha value is -1.55. The molecule has 4 heteroatoms. The van der Waals surface area contributed by atoms with Crippen molar-refractivity contribution in [1.29, 1.82) is 0 Å². The molecule has 68 valence electrons. The van der Waals surface area contributed by atoms with Crippen LogP contribution in [0.1, 0.15) is 16.8 Å². The minimum absolute atomic E-state index is 0.0145. The van der Waals surface area contributed by atoms with Gasteiger partial charge in [-0.1, -0.05) is 0 Å². The normalized spacial score (nSPS) is 20.7. The summed E-state index contributed by atoms with van der Waals surface area (Å²) in [6.07, 6.45) is -1.13. The molecule has 4 nitrogen and oxygen atoms in total. The minimum Gasteiger partial charge on any atom is -0.508 e. The van der Waals surface area contributed by atoms with Crippen LogP contribution < -0.4 is 4.74 Å². The van der Waals surface area contributed by atoms with Crippen LogP contribution >= 0.6 is 0 Å². The number of rotatable bonds is 0. The number of ether oxygens (including phenoxy) is 1. The molecule has 1 aliphatic rings. The Morgan fingerprint density at radius 1 is 1.46 bits per heavy atom. The molecule has 1 aliphatic heterocycles. The number of ketones is 1. The first-order valence-electron chi connectivity index (χ1n) is 3.88. The molecule has 2 rings (SSSR count). The Morgan fingerprint density at radius 2 is 2.23 bits per heavy atom. The third kappa shape index (κ3) is 1.36. The maximum absolute atomic E-state index is 11.3. The molecule has 2 N–H and O–H groups in total. The van der Waals surface area contributed by atoms with Crippen LogP contribution in [0.25, 0.3) is 0 Å². The molecule has 0 bridgehead atoms. The smallest absolute Gasteiger partial charge is 0.204 e. The molecule has 1 heterocycles. The van der Waals surface area contributed by atoms with Gasteiger partial charge in [-0.25, -0.2) is 0 Å². The maximum atomic E-state index is 11.3. The van der Waals surface area contributed by atoms with Crippen LogP contribution in [0.3, 0.4) is 0 Å². The van der Waals surface area contributed by atoms with E-state index < -0.39 is 6.29 Å². The summed E-state index contributed by atoms with van der Waals surface area (Å²) in [5.41, 5.74) is 0.406. The van der Waals surface area contributed by atoms with Crippen LogP contribution in [0.5, 0.6) is 11.5 Å². The molecule has 1 unspecified atom stereocenters. The maximum Gasteiger partial charge on any atom is 0.204 e. The van der Waals surface area contributed by atoms with Crippen molar-refractivity contribution < 1.29 is 19.7 Å². The van der Waals surface area contributed by atoms with Crippen LogP contribution in [0.2, 0.25) is 0 Å². The third-order valence-electron chi connectivity index (χ3n) is 1.89. The molecule has 1 atom stereocenters. The second-order valence-corrected chi connectivity index (χ2v) is 2.88. The van der Waals surface area contributed by atoms with Gasteiger partial charge in [0.1, 0.15) is 11.5 Å². The molecule has 0 amide bonds. The zero-order valence-electron chi connectivity index (χ0n) is 6.73. The summed E-state index contributed by atoms with van der Waals surface area (Å²) in [5, 5.41) is 18.2. The number of carbonyl (C=O) groups excluding carboxylic acids is 1. The van der Waals surface area contributed by atoms with Crippen LogP contribution in [-0.4, -0.2) is 22.3 Å². The number of aromatic hydroxyl groups is 1. The Labute approximate surface area is 74.4 Å². The average molecular weight is 180 g/mol. The number of Topliss-reactive ketones (excluding diaryl/α,β-unsaturated/α-hetero) is 1. The first-order chi connectivity index (χ1) is 6.16. The van der Waals surface area contributed by atoms with Gasteiger partial charge in [-0.2, -0.15) is 0 Å². The fourth-order valence-electron chi connectivity index (χ4n) is 1.30. The second kappa shape index (κ2) is 2.74. The molecule has 0 spiro atoms. The number of aliphatic hydroxyl groups is 1. The topological polar surface area (TPSA) is 66.8 Å². The van der Waals surface area contributed by atoms with Gasteiger partial charge in [-0.15, -0.1) is 0 Å². The zero-order chi connectivity index (χ0) is 9.42. The van der Waals surface area contributed by atoms with E-state index in [2.05, 4.69) is 0 Å². The number of phenolic OH excluding ortho intramolecular Hbond substituents is 1. The van der Waals surface area contributed by atoms with Crippen molar-refractivity contribution in [3.05, 3.63) is 23.8 Å². The first-order valence-corrected chi connectivity index (χ1v) is 3.88. The number of benzene rings is 1. The highest BCUT2D eigenvalue weighted by atomic mass is 16.6. The van der Waals surface area contributed by atoms with E-state index in [0.29, 0.717) is 5.56 Å². The van der Waals surface area contributed by atoms with Crippen LogP contribution in [0.15, 0.2) is 18.2 Å². The number of aliphatic hydroxyl groups excluding tert-OH is 1. The molecule has 1 aromatic carbocycles. The van der Waals surface area contributed by atoms with Gasteiger partial charge in [0.05, 0.1) is 12.0 Å². The van der Waals surface area contributed by atoms with Gasteiger partial charge in [0, 0.05) is 6.07 Å². The number of hydrogen-bond acceptors (Lipinski definition) is 4. The number of fused-ring (bicyclic) bond motifs is 1. The van der Waals surface area contributed by atoms with E-state index in [0.717, 1.165) is 0 Å². The lowest BCUT2D eigenvalue weighted by molar-refractivity contribution is -0.0246. The Kier molecular flexibility index (Phi) is 1.70. The molecule has 1 aromatic rings. The van der Waals surface area contributed by atoms with Gasteiger partial charge in [0.2, 0.25) is 6.29 Å². The SMILES string of the molecule is O=C1CC(O)Oc2cc(O)ccc21. The monoisotopic (exact) mass is 180 g/mol. The summed E-state index contributed by atoms with van der Waals surface area (Å²) in [6, 6.07) is 4.21. The van der Waals surface area contributed by atoms with Crippen molar-refractivity contribution in [3.63, 3.8) is 0 Å². The Morgan fingerprint density at radius 3 is 3.00 bits per heavy atom. The highest BCUT2D eigenvalue weighted by Gasteiger charge is 2.24. The van der Waals surface area contributed by atoms with E-state index in [-0.39, 0.29) is 23.7 Å². The molecule has 13 heavy (non-hydrogen) atoms. The van der Waals surface area contributed by atoms with Crippen LogP contribution in [0.4, 0.5) is 0 Å². The molecule has 0 saturated carbocycles. The van der Waals surface area contributed by atoms with E-state index in [1.165, 1.54) is 18.2 Å². The van der Waals surface area contributed by atoms with Gasteiger partial charge in [-0.05, 0) is 12.1 Å². The molecule has 0 aliphatic carbocycles. The van der Waals surface area contributed by atoms with E-state index in [1.807, 2.05) is 0 Å². The van der Waals surface area contributed by atoms with Crippen LogP contribution in [-0.2, 0) is 0 Å². The number of hydrogen-bond donors (Lipinski definition) is 2. The fourth-order valence-corrected chi connectivity index (χ4v) is 1.30. The fraction of sp³-hybridized carbons (Fsp3) is 0.222. The van der Waals surface area contributed by atoms with Crippen molar-refractivity contribution in [3.8, 4) is 11.5 Å². The van der Waals surface area contributed by atoms with Gasteiger partial charge >= 0.3 is 0 Å². The Balaban J connectivity index is 2.49. The summed E-state index contributed by atoms with van der Waals surface area (Å²) < 4.78 is 4.96. The van der Waals surface area contributed by atoms with Gasteiger partial charge in [0.15, 0.2) is 5.78 Å². The van der Waals surface area contributed by atoms with Crippen molar-refractivity contribution in [2.24, 2.45) is 0 Å². The summed E-state index contributed by atoms with van der Waals surface area (Å²) in [7, 11) is 0. The van der Waals surface area contributed by atoms with Crippen molar-refractivity contribution in [2.45, 2.75) is 12.7 Å². The van der Waals surface area contributed by atoms with E-state index in [1.54, 1.807) is 0 Å². The lowest BCUT2D eigenvalue weighted by Gasteiger charge is -2.20. The number of phenols is 1. The second-order valence-electron chi connectivity index (χ2n) is 2.88. The van der Waals surface area contributed by atoms with Crippen molar-refractivity contribution in [1.82, 2.24) is 0 Å². The summed E-state index contributed by atoms with van der Waals surface area (Å²) in [5.74, 6) is 0.0816. The first kappa shape index (κ1) is 8.07. The molecule has 0 radical (unpaired) electrons. The van der Waals surface area contributed by atoms with Gasteiger partial charge in [-0.3, -0.25) is 4.79 Å². The van der Waals surface area contributed by atoms with Gasteiger partial charge in [0.25, 0.3) is 0 Å². The largest absolute Gasteiger partial charge is 0.508 e. The summed E-state index contributed by atoms with van der Waals surface area (Å²) >= 11 is 0. The third-order valence-corrected chi connectivity index (χ3v) is 1.89. The van der Waals surface area contributed by atoms with Crippen LogP contribution in [0, 0.1) is 0 Å². The lowest BCUT2D eigenvalue weighted by atomic mass is 10.0. The highest BCUT2D eigenvalue weighted by molar-refractivity contribution is 5.99.